The van der Waals surface area contributed by atoms with E-state index in [0.29, 0.717) is 0 Å². The second kappa shape index (κ2) is 6.71. The summed E-state index contributed by atoms with van der Waals surface area (Å²) < 4.78 is 5.39. The van der Waals surface area contributed by atoms with E-state index in [1.807, 2.05) is 12.1 Å². The highest BCUT2D eigenvalue weighted by molar-refractivity contribution is 5.75. The van der Waals surface area contributed by atoms with E-state index >= 15 is 0 Å². The monoisotopic (exact) mass is 261 g/mol. The number of rotatable bonds is 5. The summed E-state index contributed by atoms with van der Waals surface area (Å²) in [6.45, 7) is 5.44. The first-order valence-corrected chi connectivity index (χ1v) is 7.11. The van der Waals surface area contributed by atoms with Crippen LogP contribution in [0, 0.1) is 5.92 Å². The third-order valence-electron chi connectivity index (χ3n) is 4.12. The van der Waals surface area contributed by atoms with Crippen LogP contribution in [0.4, 0.5) is 0 Å². The summed E-state index contributed by atoms with van der Waals surface area (Å²) >= 11 is 0. The number of nitrogens with zero attached hydrogens (tertiary/aromatic N) is 1. The standard InChI is InChI=1S/C16H23NO2/c1-3-13-6-8-17(9-7-13)11-15-10-14(12-18)4-5-16(15)19-2/h4-5,10,12-13H,3,6-9,11H2,1-2H3. The van der Waals surface area contributed by atoms with Gasteiger partial charge >= 0.3 is 0 Å². The van der Waals surface area contributed by atoms with Crippen molar-refractivity contribution in [1.29, 1.82) is 0 Å². The topological polar surface area (TPSA) is 29.5 Å². The molecule has 19 heavy (non-hydrogen) atoms. The molecule has 2 rings (SSSR count). The van der Waals surface area contributed by atoms with Gasteiger partial charge in [0, 0.05) is 17.7 Å². The van der Waals surface area contributed by atoms with Crippen LogP contribution in [0.15, 0.2) is 18.2 Å². The zero-order chi connectivity index (χ0) is 13.7. The van der Waals surface area contributed by atoms with E-state index in [1.54, 1.807) is 13.2 Å². The average molecular weight is 261 g/mol. The SMILES string of the molecule is CCC1CCN(Cc2cc(C=O)ccc2OC)CC1. The lowest BCUT2D eigenvalue weighted by Crippen LogP contribution is -2.33. The van der Waals surface area contributed by atoms with Crippen molar-refractivity contribution in [3.05, 3.63) is 29.3 Å². The Morgan fingerprint density at radius 2 is 2.11 bits per heavy atom. The Morgan fingerprint density at radius 3 is 2.68 bits per heavy atom. The molecule has 1 saturated heterocycles. The number of carbonyl (C=O) groups is 1. The van der Waals surface area contributed by atoms with Gasteiger partial charge in [-0.25, -0.2) is 0 Å². The van der Waals surface area contributed by atoms with Crippen LogP contribution < -0.4 is 4.74 Å². The van der Waals surface area contributed by atoms with Gasteiger partial charge < -0.3 is 4.74 Å². The first-order valence-electron chi connectivity index (χ1n) is 7.11. The van der Waals surface area contributed by atoms with E-state index in [1.165, 1.54) is 19.3 Å². The van der Waals surface area contributed by atoms with Gasteiger partial charge in [-0.15, -0.1) is 0 Å². The minimum atomic E-state index is 0.722. The minimum Gasteiger partial charge on any atom is -0.496 e. The fourth-order valence-electron chi connectivity index (χ4n) is 2.79. The highest BCUT2D eigenvalue weighted by Crippen LogP contribution is 2.25. The first-order chi connectivity index (χ1) is 9.26. The molecule has 0 radical (unpaired) electrons. The van der Waals surface area contributed by atoms with Crippen LogP contribution in [-0.4, -0.2) is 31.4 Å². The van der Waals surface area contributed by atoms with Crippen molar-refractivity contribution in [2.24, 2.45) is 5.92 Å². The average Bonchev–Trinajstić information content (AvgIpc) is 2.48. The number of benzene rings is 1. The van der Waals surface area contributed by atoms with E-state index in [2.05, 4.69) is 11.8 Å². The van der Waals surface area contributed by atoms with Gasteiger partial charge in [-0.3, -0.25) is 9.69 Å². The van der Waals surface area contributed by atoms with E-state index < -0.39 is 0 Å². The fraction of sp³-hybridized carbons (Fsp3) is 0.562. The Hall–Kier alpha value is -1.35. The molecule has 1 aliphatic rings. The number of hydrogen-bond acceptors (Lipinski definition) is 3. The number of piperidine rings is 1. The molecule has 3 heteroatoms. The Balaban J connectivity index is 2.04. The van der Waals surface area contributed by atoms with E-state index in [9.17, 15) is 4.79 Å². The molecule has 1 aliphatic heterocycles. The molecule has 0 amide bonds. The summed E-state index contributed by atoms with van der Waals surface area (Å²) in [6, 6.07) is 5.63. The molecular formula is C16H23NO2. The van der Waals surface area contributed by atoms with Gasteiger partial charge in [0.05, 0.1) is 7.11 Å². The molecule has 0 aliphatic carbocycles. The molecule has 1 fully saturated rings. The van der Waals surface area contributed by atoms with Crippen molar-refractivity contribution < 1.29 is 9.53 Å². The van der Waals surface area contributed by atoms with E-state index in [-0.39, 0.29) is 0 Å². The highest BCUT2D eigenvalue weighted by Gasteiger charge is 2.18. The summed E-state index contributed by atoms with van der Waals surface area (Å²) in [5.74, 6) is 1.77. The predicted octanol–water partition coefficient (Wildman–Crippen LogP) is 3.13. The predicted molar refractivity (Wildman–Crippen MR) is 76.7 cm³/mol. The molecule has 1 aromatic rings. The van der Waals surface area contributed by atoms with Crippen LogP contribution in [0.5, 0.6) is 5.75 Å². The van der Waals surface area contributed by atoms with Gasteiger partial charge in [0.1, 0.15) is 12.0 Å². The Bertz CT molecular complexity index is 423. The van der Waals surface area contributed by atoms with Crippen LogP contribution in [0.1, 0.15) is 42.1 Å². The van der Waals surface area contributed by atoms with Crippen molar-refractivity contribution in [1.82, 2.24) is 4.90 Å². The highest BCUT2D eigenvalue weighted by atomic mass is 16.5. The van der Waals surface area contributed by atoms with Crippen molar-refractivity contribution in [2.45, 2.75) is 32.7 Å². The Labute approximate surface area is 115 Å². The summed E-state index contributed by atoms with van der Waals surface area (Å²) in [7, 11) is 1.68. The molecule has 3 nitrogen and oxygen atoms in total. The number of aldehydes is 1. The van der Waals surface area contributed by atoms with Crippen molar-refractivity contribution in [3.8, 4) is 5.75 Å². The molecular weight excluding hydrogens is 238 g/mol. The van der Waals surface area contributed by atoms with Crippen molar-refractivity contribution in [3.63, 3.8) is 0 Å². The van der Waals surface area contributed by atoms with Crippen LogP contribution in [0.25, 0.3) is 0 Å². The Kier molecular flexibility index (Phi) is 4.97. The number of ether oxygens (including phenoxy) is 1. The quantitative estimate of drug-likeness (QED) is 0.763. The number of hydrogen-bond donors (Lipinski definition) is 0. The minimum absolute atomic E-state index is 0.722. The van der Waals surface area contributed by atoms with Crippen molar-refractivity contribution in [2.75, 3.05) is 20.2 Å². The second-order valence-corrected chi connectivity index (χ2v) is 5.32. The lowest BCUT2D eigenvalue weighted by molar-refractivity contribution is 0.112. The van der Waals surface area contributed by atoms with Crippen LogP contribution in [0.2, 0.25) is 0 Å². The largest absolute Gasteiger partial charge is 0.496 e. The normalized spacial score (nSPS) is 17.4. The van der Waals surface area contributed by atoms with Gasteiger partial charge in [0.2, 0.25) is 0 Å². The Morgan fingerprint density at radius 1 is 1.37 bits per heavy atom. The lowest BCUT2D eigenvalue weighted by atomic mass is 9.94. The van der Waals surface area contributed by atoms with Gasteiger partial charge in [-0.1, -0.05) is 13.3 Å². The number of carbonyl (C=O) groups excluding carboxylic acids is 1. The third-order valence-corrected chi connectivity index (χ3v) is 4.12. The summed E-state index contributed by atoms with van der Waals surface area (Å²) in [5.41, 5.74) is 1.83. The van der Waals surface area contributed by atoms with Crippen LogP contribution in [-0.2, 0) is 6.54 Å². The summed E-state index contributed by atoms with van der Waals surface area (Å²) in [4.78, 5) is 13.3. The van der Waals surface area contributed by atoms with Gasteiger partial charge in [-0.2, -0.15) is 0 Å². The van der Waals surface area contributed by atoms with E-state index in [0.717, 1.165) is 48.7 Å². The molecule has 0 spiro atoms. The van der Waals surface area contributed by atoms with Crippen LogP contribution >= 0.6 is 0 Å². The molecule has 1 aromatic carbocycles. The van der Waals surface area contributed by atoms with Gasteiger partial charge in [0.15, 0.2) is 0 Å². The molecule has 0 bridgehead atoms. The molecule has 0 aromatic heterocycles. The summed E-state index contributed by atoms with van der Waals surface area (Å²) in [5, 5.41) is 0. The fourth-order valence-corrected chi connectivity index (χ4v) is 2.79. The lowest BCUT2D eigenvalue weighted by Gasteiger charge is -2.31. The smallest absolute Gasteiger partial charge is 0.150 e. The van der Waals surface area contributed by atoms with Crippen molar-refractivity contribution >= 4 is 6.29 Å². The molecule has 0 unspecified atom stereocenters. The summed E-state index contributed by atoms with van der Waals surface area (Å²) in [6.07, 6.45) is 4.75. The second-order valence-electron chi connectivity index (χ2n) is 5.32. The molecule has 0 N–H and O–H groups in total. The zero-order valence-corrected chi connectivity index (χ0v) is 11.9. The molecule has 1 heterocycles. The maximum absolute atomic E-state index is 10.9. The van der Waals surface area contributed by atoms with Gasteiger partial charge in [0.25, 0.3) is 0 Å². The third kappa shape index (κ3) is 3.57. The van der Waals surface area contributed by atoms with Gasteiger partial charge in [-0.05, 0) is 50.0 Å². The maximum atomic E-state index is 10.9. The van der Waals surface area contributed by atoms with E-state index in [4.69, 9.17) is 4.74 Å². The molecule has 0 saturated carbocycles. The first kappa shape index (κ1) is 14.1. The molecule has 0 atom stereocenters. The van der Waals surface area contributed by atoms with Crippen LogP contribution in [0.3, 0.4) is 0 Å². The maximum Gasteiger partial charge on any atom is 0.150 e. The zero-order valence-electron chi connectivity index (χ0n) is 11.9. The number of likely N-dealkylation sites (tertiary alicyclic amines) is 1. The molecule has 104 valence electrons. The number of methoxy groups -OCH3 is 1.